The minimum absolute atomic E-state index is 1.01. The summed E-state index contributed by atoms with van der Waals surface area (Å²) in [6.45, 7) is 8.53. The maximum absolute atomic E-state index is 4.14. The molecule has 1 aliphatic rings. The van der Waals surface area contributed by atoms with Crippen molar-refractivity contribution in [1.29, 1.82) is 0 Å². The van der Waals surface area contributed by atoms with E-state index in [9.17, 15) is 0 Å². The van der Waals surface area contributed by atoms with Crippen molar-refractivity contribution in [2.45, 2.75) is 47.0 Å². The van der Waals surface area contributed by atoms with Gasteiger partial charge in [0.1, 0.15) is 0 Å². The Bertz CT molecular complexity index is 444. The first-order valence-corrected chi connectivity index (χ1v) is 6.20. The van der Waals surface area contributed by atoms with Crippen molar-refractivity contribution in [3.05, 3.63) is 34.6 Å². The number of nitrogens with zero attached hydrogens (tertiary/aromatic N) is 1. The molecule has 0 saturated carbocycles. The van der Waals surface area contributed by atoms with Gasteiger partial charge >= 0.3 is 0 Å². The number of aliphatic imine (C=N–C) groups is 1. The van der Waals surface area contributed by atoms with Crippen LogP contribution in [0.1, 0.15) is 47.0 Å². The highest BCUT2D eigenvalue weighted by Gasteiger charge is 1.98. The van der Waals surface area contributed by atoms with Crippen LogP contribution < -0.4 is 0 Å². The molecule has 1 aliphatic heterocycles. The summed E-state index contributed by atoms with van der Waals surface area (Å²) >= 11 is 0. The second kappa shape index (κ2) is 6.91. The van der Waals surface area contributed by atoms with Crippen LogP contribution in [0.4, 0.5) is 0 Å². The minimum Gasteiger partial charge on any atom is -0.268 e. The van der Waals surface area contributed by atoms with Crippen LogP contribution in [0.5, 0.6) is 0 Å². The topological polar surface area (TPSA) is 12.4 Å². The SMILES string of the molecule is CC/C(C)=C(/C#CC1=CN=CCC1)C=C(C)C. The standard InChI is InChI=1S/C16H21N/c1-5-14(4)16(11-13(2)3)9-8-15-7-6-10-17-12-15/h10-12H,5-7H2,1-4H3/b16-14-. The van der Waals surface area contributed by atoms with E-state index in [1.54, 1.807) is 0 Å². The van der Waals surface area contributed by atoms with E-state index >= 15 is 0 Å². The van der Waals surface area contributed by atoms with E-state index in [1.807, 2.05) is 12.4 Å². The molecule has 0 radical (unpaired) electrons. The molecule has 90 valence electrons. The molecular formula is C16H21N. The molecular weight excluding hydrogens is 206 g/mol. The van der Waals surface area contributed by atoms with Gasteiger partial charge < -0.3 is 0 Å². The lowest BCUT2D eigenvalue weighted by molar-refractivity contribution is 1.04. The Hall–Kier alpha value is -1.55. The van der Waals surface area contributed by atoms with Crippen LogP contribution in [0.25, 0.3) is 0 Å². The van der Waals surface area contributed by atoms with Crippen molar-refractivity contribution in [2.75, 3.05) is 0 Å². The lowest BCUT2D eigenvalue weighted by atomic mass is 10.0. The molecule has 17 heavy (non-hydrogen) atoms. The highest BCUT2D eigenvalue weighted by molar-refractivity contribution is 5.61. The van der Waals surface area contributed by atoms with Gasteiger partial charge in [0.2, 0.25) is 0 Å². The zero-order valence-electron chi connectivity index (χ0n) is 11.3. The average Bonchev–Trinajstić information content (AvgIpc) is 2.34. The molecule has 0 bridgehead atoms. The first-order chi connectivity index (χ1) is 8.13. The highest BCUT2D eigenvalue weighted by atomic mass is 14.7. The summed E-state index contributed by atoms with van der Waals surface area (Å²) in [5.74, 6) is 6.52. The zero-order valence-corrected chi connectivity index (χ0v) is 11.3. The van der Waals surface area contributed by atoms with Crippen molar-refractivity contribution in [2.24, 2.45) is 4.99 Å². The van der Waals surface area contributed by atoms with Crippen LogP contribution in [0.15, 0.2) is 39.6 Å². The van der Waals surface area contributed by atoms with Gasteiger partial charge in [0, 0.05) is 23.6 Å². The molecule has 1 nitrogen and oxygen atoms in total. The normalized spacial score (nSPS) is 15.4. The maximum atomic E-state index is 4.14. The number of allylic oxidation sites excluding steroid dienone is 5. The molecule has 0 saturated heterocycles. The summed E-state index contributed by atoms with van der Waals surface area (Å²) in [7, 11) is 0. The quantitative estimate of drug-likeness (QED) is 0.489. The lowest BCUT2D eigenvalue weighted by Gasteiger charge is -2.02. The van der Waals surface area contributed by atoms with Crippen molar-refractivity contribution in [3.8, 4) is 11.8 Å². The molecule has 0 aliphatic carbocycles. The van der Waals surface area contributed by atoms with E-state index in [0.29, 0.717) is 0 Å². The Balaban J connectivity index is 2.95. The smallest absolute Gasteiger partial charge is 0.0379 e. The molecule has 1 heterocycles. The molecule has 0 N–H and O–H groups in total. The Morgan fingerprint density at radius 3 is 2.71 bits per heavy atom. The molecule has 0 aromatic heterocycles. The molecule has 0 aromatic carbocycles. The van der Waals surface area contributed by atoms with Gasteiger partial charge in [0.15, 0.2) is 0 Å². The summed E-state index contributed by atoms with van der Waals surface area (Å²) in [6.07, 6.45) is 9.05. The van der Waals surface area contributed by atoms with Crippen LogP contribution in [0, 0.1) is 11.8 Å². The van der Waals surface area contributed by atoms with Crippen LogP contribution in [-0.4, -0.2) is 6.21 Å². The van der Waals surface area contributed by atoms with Gasteiger partial charge in [-0.3, -0.25) is 4.99 Å². The first-order valence-electron chi connectivity index (χ1n) is 6.20. The summed E-state index contributed by atoms with van der Waals surface area (Å²) in [6, 6.07) is 0. The predicted molar refractivity (Wildman–Crippen MR) is 76.0 cm³/mol. The van der Waals surface area contributed by atoms with Crippen LogP contribution in [0.3, 0.4) is 0 Å². The fourth-order valence-corrected chi connectivity index (χ4v) is 1.49. The molecule has 0 amide bonds. The third-order valence-electron chi connectivity index (χ3n) is 2.66. The Morgan fingerprint density at radius 2 is 2.18 bits per heavy atom. The van der Waals surface area contributed by atoms with Gasteiger partial charge in [-0.1, -0.05) is 29.9 Å². The molecule has 0 unspecified atom stereocenters. The third kappa shape index (κ3) is 4.87. The highest BCUT2D eigenvalue weighted by Crippen LogP contribution is 2.12. The van der Waals surface area contributed by atoms with Crippen LogP contribution in [0.2, 0.25) is 0 Å². The van der Waals surface area contributed by atoms with E-state index < -0.39 is 0 Å². The van der Waals surface area contributed by atoms with E-state index in [2.05, 4.69) is 50.6 Å². The Kier molecular flexibility index (Phi) is 5.49. The summed E-state index contributed by atoms with van der Waals surface area (Å²) in [5, 5.41) is 0. The second-order valence-electron chi connectivity index (χ2n) is 4.54. The molecule has 1 rings (SSSR count). The van der Waals surface area contributed by atoms with Crippen molar-refractivity contribution >= 4 is 6.21 Å². The van der Waals surface area contributed by atoms with E-state index in [0.717, 1.165) is 30.4 Å². The Labute approximate surface area is 105 Å². The van der Waals surface area contributed by atoms with Gasteiger partial charge in [-0.05, 0) is 46.1 Å². The molecule has 0 fully saturated rings. The third-order valence-corrected chi connectivity index (χ3v) is 2.66. The van der Waals surface area contributed by atoms with Crippen molar-refractivity contribution in [1.82, 2.24) is 0 Å². The van der Waals surface area contributed by atoms with E-state index in [-0.39, 0.29) is 0 Å². The van der Waals surface area contributed by atoms with Gasteiger partial charge in [-0.15, -0.1) is 0 Å². The molecule has 0 atom stereocenters. The number of rotatable bonds is 2. The van der Waals surface area contributed by atoms with E-state index in [1.165, 1.54) is 11.1 Å². The van der Waals surface area contributed by atoms with Crippen LogP contribution >= 0.6 is 0 Å². The summed E-state index contributed by atoms with van der Waals surface area (Å²) < 4.78 is 0. The van der Waals surface area contributed by atoms with Crippen LogP contribution in [-0.2, 0) is 0 Å². The number of hydrogen-bond acceptors (Lipinski definition) is 1. The molecule has 0 aromatic rings. The van der Waals surface area contributed by atoms with E-state index in [4.69, 9.17) is 0 Å². The fourth-order valence-electron chi connectivity index (χ4n) is 1.49. The predicted octanol–water partition coefficient (Wildman–Crippen LogP) is 4.43. The van der Waals surface area contributed by atoms with Gasteiger partial charge in [-0.25, -0.2) is 0 Å². The monoisotopic (exact) mass is 227 g/mol. The summed E-state index contributed by atoms with van der Waals surface area (Å²) in [4.78, 5) is 4.14. The second-order valence-corrected chi connectivity index (χ2v) is 4.54. The Morgan fingerprint density at radius 1 is 1.41 bits per heavy atom. The van der Waals surface area contributed by atoms with Crippen molar-refractivity contribution in [3.63, 3.8) is 0 Å². The molecule has 0 spiro atoms. The van der Waals surface area contributed by atoms with Gasteiger partial charge in [0.05, 0.1) is 0 Å². The van der Waals surface area contributed by atoms with Gasteiger partial charge in [0.25, 0.3) is 0 Å². The fraction of sp³-hybridized carbons (Fsp3) is 0.438. The largest absolute Gasteiger partial charge is 0.268 e. The number of hydrogen-bond donors (Lipinski definition) is 0. The molecule has 1 heteroatoms. The average molecular weight is 227 g/mol. The summed E-state index contributed by atoms with van der Waals surface area (Å²) in [5.41, 5.74) is 4.93. The van der Waals surface area contributed by atoms with Gasteiger partial charge in [-0.2, -0.15) is 0 Å². The first kappa shape index (κ1) is 13.5. The maximum Gasteiger partial charge on any atom is 0.0379 e. The van der Waals surface area contributed by atoms with Crippen molar-refractivity contribution < 1.29 is 0 Å². The lowest BCUT2D eigenvalue weighted by Crippen LogP contribution is -1.88. The minimum atomic E-state index is 1.01. The zero-order chi connectivity index (χ0) is 12.7.